The third-order valence-corrected chi connectivity index (χ3v) is 3.81. The van der Waals surface area contributed by atoms with Crippen molar-refractivity contribution in [2.24, 2.45) is 0 Å². The summed E-state index contributed by atoms with van der Waals surface area (Å²) in [6.07, 6.45) is 3.50. The minimum absolute atomic E-state index is 0.263. The summed E-state index contributed by atoms with van der Waals surface area (Å²) in [4.78, 5) is 16.6. The van der Waals surface area contributed by atoms with Crippen LogP contribution in [0, 0.1) is 15.9 Å². The van der Waals surface area contributed by atoms with Gasteiger partial charge >= 0.3 is 0 Å². The summed E-state index contributed by atoms with van der Waals surface area (Å²) in [5, 5.41) is 12.6. The second-order valence-corrected chi connectivity index (χ2v) is 5.05. The lowest BCUT2D eigenvalue weighted by molar-refractivity contribution is -0.383. The van der Waals surface area contributed by atoms with Gasteiger partial charge in [0, 0.05) is 39.8 Å². The molecular weight excluding hydrogens is 285 g/mol. The van der Waals surface area contributed by atoms with E-state index in [0.717, 1.165) is 28.1 Å². The normalized spacial score (nSPS) is 11.3. The zero-order valence-corrected chi connectivity index (χ0v) is 11.3. The standard InChI is InChI=1S/C16H10FN3O2/c17-9-5-11-13(8-19-16(11)15(6-9)20(21)22)12-7-18-14-4-2-1-3-10(12)14/h1-8,18-19H. The summed E-state index contributed by atoms with van der Waals surface area (Å²) in [6, 6.07) is 9.97. The molecular formula is C16H10FN3O2. The summed E-state index contributed by atoms with van der Waals surface area (Å²) in [5.74, 6) is -0.625. The number of hydrogen-bond acceptors (Lipinski definition) is 2. The predicted molar refractivity (Wildman–Crippen MR) is 82.2 cm³/mol. The van der Waals surface area contributed by atoms with Crippen LogP contribution in [0.5, 0.6) is 0 Å². The van der Waals surface area contributed by atoms with Gasteiger partial charge in [-0.2, -0.15) is 0 Å². The quantitative estimate of drug-likeness (QED) is 0.426. The first-order valence-corrected chi connectivity index (χ1v) is 6.66. The van der Waals surface area contributed by atoms with Gasteiger partial charge < -0.3 is 9.97 Å². The molecule has 2 N–H and O–H groups in total. The van der Waals surface area contributed by atoms with Crippen LogP contribution in [0.4, 0.5) is 10.1 Å². The highest BCUT2D eigenvalue weighted by Crippen LogP contribution is 2.37. The van der Waals surface area contributed by atoms with Gasteiger partial charge in [-0.3, -0.25) is 10.1 Å². The number of nitro groups is 1. The average molecular weight is 295 g/mol. The molecule has 0 aliphatic carbocycles. The smallest absolute Gasteiger partial charge is 0.296 e. The summed E-state index contributed by atoms with van der Waals surface area (Å²) < 4.78 is 13.7. The minimum atomic E-state index is -0.625. The summed E-state index contributed by atoms with van der Waals surface area (Å²) in [5.41, 5.74) is 2.63. The molecule has 0 saturated carbocycles. The lowest BCUT2D eigenvalue weighted by Gasteiger charge is -1.99. The number of benzene rings is 2. The topological polar surface area (TPSA) is 74.7 Å². The van der Waals surface area contributed by atoms with Crippen molar-refractivity contribution in [3.8, 4) is 11.1 Å². The fourth-order valence-corrected chi connectivity index (χ4v) is 2.84. The lowest BCUT2D eigenvalue weighted by atomic mass is 10.0. The highest BCUT2D eigenvalue weighted by Gasteiger charge is 2.19. The number of nitro benzene ring substituents is 1. The molecule has 6 heteroatoms. The van der Waals surface area contributed by atoms with E-state index in [2.05, 4.69) is 9.97 Å². The highest BCUT2D eigenvalue weighted by atomic mass is 19.1. The van der Waals surface area contributed by atoms with Crippen LogP contribution in [0.25, 0.3) is 32.9 Å². The second-order valence-electron chi connectivity index (χ2n) is 5.05. The van der Waals surface area contributed by atoms with E-state index in [4.69, 9.17) is 0 Å². The third kappa shape index (κ3) is 1.70. The van der Waals surface area contributed by atoms with Crippen LogP contribution < -0.4 is 0 Å². The van der Waals surface area contributed by atoms with Gasteiger partial charge in [-0.05, 0) is 12.1 Å². The zero-order chi connectivity index (χ0) is 15.3. The summed E-state index contributed by atoms with van der Waals surface area (Å²) >= 11 is 0. The Bertz CT molecular complexity index is 1030. The molecule has 0 spiro atoms. The number of non-ortho nitro benzene ring substituents is 1. The van der Waals surface area contributed by atoms with E-state index < -0.39 is 10.7 Å². The van der Waals surface area contributed by atoms with E-state index >= 15 is 0 Å². The van der Waals surface area contributed by atoms with Gasteiger partial charge in [0.15, 0.2) is 0 Å². The van der Waals surface area contributed by atoms with E-state index in [-0.39, 0.29) is 5.69 Å². The molecule has 5 nitrogen and oxygen atoms in total. The van der Waals surface area contributed by atoms with Gasteiger partial charge in [-0.1, -0.05) is 18.2 Å². The minimum Gasteiger partial charge on any atom is -0.361 e. The fraction of sp³-hybridized carbons (Fsp3) is 0. The number of hydrogen-bond donors (Lipinski definition) is 2. The Morgan fingerprint density at radius 2 is 1.73 bits per heavy atom. The Kier molecular flexibility index (Phi) is 2.53. The van der Waals surface area contributed by atoms with Crippen LogP contribution in [-0.2, 0) is 0 Å². The molecule has 2 heterocycles. The summed E-state index contributed by atoms with van der Waals surface area (Å²) in [7, 11) is 0. The Balaban J connectivity index is 2.06. The first-order valence-electron chi connectivity index (χ1n) is 6.66. The molecule has 0 saturated heterocycles. The van der Waals surface area contributed by atoms with Gasteiger partial charge in [0.25, 0.3) is 5.69 Å². The molecule has 0 unspecified atom stereocenters. The Morgan fingerprint density at radius 1 is 1.00 bits per heavy atom. The van der Waals surface area contributed by atoms with Crippen molar-refractivity contribution in [2.45, 2.75) is 0 Å². The zero-order valence-electron chi connectivity index (χ0n) is 11.3. The van der Waals surface area contributed by atoms with Gasteiger partial charge in [0.2, 0.25) is 0 Å². The van der Waals surface area contributed by atoms with Crippen molar-refractivity contribution in [1.29, 1.82) is 0 Å². The predicted octanol–water partition coefficient (Wildman–Crippen LogP) is 4.36. The van der Waals surface area contributed by atoms with E-state index in [1.54, 1.807) is 6.20 Å². The van der Waals surface area contributed by atoms with Gasteiger partial charge in [0.1, 0.15) is 11.3 Å². The first-order chi connectivity index (χ1) is 10.6. The maximum atomic E-state index is 13.7. The number of fused-ring (bicyclic) bond motifs is 2. The molecule has 0 aliphatic heterocycles. The molecule has 2 aromatic heterocycles. The number of halogens is 1. The third-order valence-electron chi connectivity index (χ3n) is 3.81. The van der Waals surface area contributed by atoms with E-state index in [0.29, 0.717) is 10.9 Å². The van der Waals surface area contributed by atoms with Gasteiger partial charge in [0.05, 0.1) is 11.0 Å². The largest absolute Gasteiger partial charge is 0.361 e. The number of nitrogens with one attached hydrogen (secondary N) is 2. The molecule has 0 bridgehead atoms. The number of aromatic amines is 2. The molecule has 0 aliphatic rings. The molecule has 22 heavy (non-hydrogen) atoms. The van der Waals surface area contributed by atoms with Crippen LogP contribution in [0.3, 0.4) is 0 Å². The molecule has 2 aromatic carbocycles. The summed E-state index contributed by atoms with van der Waals surface area (Å²) in [6.45, 7) is 0. The molecule has 4 rings (SSSR count). The number of rotatable bonds is 2. The number of nitrogens with zero attached hydrogens (tertiary/aromatic N) is 1. The molecule has 0 amide bonds. The maximum absolute atomic E-state index is 13.7. The molecule has 0 fully saturated rings. The molecule has 0 atom stereocenters. The Morgan fingerprint density at radius 3 is 2.55 bits per heavy atom. The van der Waals surface area contributed by atoms with Crippen molar-refractivity contribution < 1.29 is 9.31 Å². The number of H-pyrrole nitrogens is 2. The number of para-hydroxylation sites is 1. The SMILES string of the molecule is O=[N+]([O-])c1cc(F)cc2c(-c3c[nH]c4ccccc34)c[nH]c12. The van der Waals surface area contributed by atoms with Crippen LogP contribution in [-0.4, -0.2) is 14.9 Å². The lowest BCUT2D eigenvalue weighted by Crippen LogP contribution is -1.90. The van der Waals surface area contributed by atoms with Crippen LogP contribution in [0.15, 0.2) is 48.8 Å². The molecule has 0 radical (unpaired) electrons. The first kappa shape index (κ1) is 12.6. The van der Waals surface area contributed by atoms with Gasteiger partial charge in [-0.15, -0.1) is 0 Å². The van der Waals surface area contributed by atoms with Crippen molar-refractivity contribution in [3.05, 3.63) is 64.7 Å². The monoisotopic (exact) mass is 295 g/mol. The van der Waals surface area contributed by atoms with Crippen molar-refractivity contribution in [3.63, 3.8) is 0 Å². The van der Waals surface area contributed by atoms with E-state index in [1.807, 2.05) is 30.5 Å². The maximum Gasteiger partial charge on any atom is 0.296 e. The van der Waals surface area contributed by atoms with Crippen LogP contribution in [0.2, 0.25) is 0 Å². The molecule has 4 aromatic rings. The van der Waals surface area contributed by atoms with E-state index in [9.17, 15) is 14.5 Å². The number of aromatic nitrogens is 2. The fourth-order valence-electron chi connectivity index (χ4n) is 2.84. The van der Waals surface area contributed by atoms with Crippen LogP contribution in [0.1, 0.15) is 0 Å². The molecule has 108 valence electrons. The van der Waals surface area contributed by atoms with Gasteiger partial charge in [-0.25, -0.2) is 4.39 Å². The Hall–Kier alpha value is -3.15. The Labute approximate surface area is 123 Å². The van der Waals surface area contributed by atoms with Crippen molar-refractivity contribution in [1.82, 2.24) is 9.97 Å². The highest BCUT2D eigenvalue weighted by molar-refractivity contribution is 6.06. The van der Waals surface area contributed by atoms with Crippen molar-refractivity contribution >= 4 is 27.5 Å². The van der Waals surface area contributed by atoms with E-state index in [1.165, 1.54) is 6.07 Å². The van der Waals surface area contributed by atoms with Crippen LogP contribution >= 0.6 is 0 Å². The second kappa shape index (κ2) is 4.42. The van der Waals surface area contributed by atoms with Crippen molar-refractivity contribution in [2.75, 3.05) is 0 Å². The average Bonchev–Trinajstić information content (AvgIpc) is 3.09.